The molecule has 2 N–H and O–H groups in total. The Morgan fingerprint density at radius 1 is 1.47 bits per heavy atom. The van der Waals surface area contributed by atoms with Gasteiger partial charge < -0.3 is 5.73 Å². The number of halogens is 3. The zero-order valence-corrected chi connectivity index (χ0v) is 9.59. The third-order valence-electron chi connectivity index (χ3n) is 1.86. The third-order valence-corrected chi connectivity index (χ3v) is 3.64. The van der Waals surface area contributed by atoms with E-state index in [1.807, 2.05) is 0 Å². The SMILES string of the molecule is CN(CC(F)(F)F)S(=O)(=O)c1ncccc1N. The summed E-state index contributed by atoms with van der Waals surface area (Å²) in [7, 11) is -3.51. The quantitative estimate of drug-likeness (QED) is 0.882. The molecular formula is C8H10F3N3O2S. The van der Waals surface area contributed by atoms with Crippen molar-refractivity contribution in [1.82, 2.24) is 9.29 Å². The molecule has 1 aromatic rings. The lowest BCUT2D eigenvalue weighted by atomic mass is 10.4. The van der Waals surface area contributed by atoms with Gasteiger partial charge in [0.25, 0.3) is 10.0 Å². The fourth-order valence-electron chi connectivity index (χ4n) is 1.10. The normalized spacial score (nSPS) is 13.0. The molecule has 1 rings (SSSR count). The maximum atomic E-state index is 12.1. The van der Waals surface area contributed by atoms with Crippen molar-refractivity contribution >= 4 is 15.7 Å². The van der Waals surface area contributed by atoms with Gasteiger partial charge in [0.2, 0.25) is 0 Å². The van der Waals surface area contributed by atoms with Gasteiger partial charge in [0.1, 0.15) is 6.54 Å². The first-order chi connectivity index (χ1) is 7.64. The zero-order valence-electron chi connectivity index (χ0n) is 8.77. The number of hydrogen-bond donors (Lipinski definition) is 1. The van der Waals surface area contributed by atoms with Crippen LogP contribution in [0.3, 0.4) is 0 Å². The second-order valence-electron chi connectivity index (χ2n) is 3.27. The van der Waals surface area contributed by atoms with Gasteiger partial charge in [-0.25, -0.2) is 13.4 Å². The highest BCUT2D eigenvalue weighted by atomic mass is 32.2. The molecule has 0 fully saturated rings. The van der Waals surface area contributed by atoms with E-state index >= 15 is 0 Å². The topological polar surface area (TPSA) is 76.3 Å². The minimum atomic E-state index is -4.62. The summed E-state index contributed by atoms with van der Waals surface area (Å²) >= 11 is 0. The van der Waals surface area contributed by atoms with Crippen LogP contribution in [0.15, 0.2) is 23.4 Å². The van der Waals surface area contributed by atoms with Gasteiger partial charge in [0.05, 0.1) is 5.69 Å². The van der Waals surface area contributed by atoms with Crippen LogP contribution in [0.25, 0.3) is 0 Å². The van der Waals surface area contributed by atoms with Gasteiger partial charge in [-0.05, 0) is 12.1 Å². The first-order valence-corrected chi connectivity index (χ1v) is 5.82. The van der Waals surface area contributed by atoms with Gasteiger partial charge in [-0.15, -0.1) is 0 Å². The molecule has 0 aromatic carbocycles. The van der Waals surface area contributed by atoms with E-state index < -0.39 is 27.8 Å². The molecule has 0 bridgehead atoms. The first-order valence-electron chi connectivity index (χ1n) is 4.38. The molecule has 0 unspecified atom stereocenters. The summed E-state index contributed by atoms with van der Waals surface area (Å²) in [4.78, 5) is 3.48. The van der Waals surface area contributed by atoms with Gasteiger partial charge in [-0.2, -0.15) is 17.5 Å². The Hall–Kier alpha value is -1.35. The third kappa shape index (κ3) is 3.30. The van der Waals surface area contributed by atoms with Crippen molar-refractivity contribution in [2.75, 3.05) is 19.3 Å². The minimum Gasteiger partial charge on any atom is -0.396 e. The van der Waals surface area contributed by atoms with E-state index in [0.717, 1.165) is 13.2 Å². The Kier molecular flexibility index (Phi) is 3.62. The number of nitrogens with two attached hydrogens (primary N) is 1. The van der Waals surface area contributed by atoms with E-state index in [0.29, 0.717) is 0 Å². The molecule has 1 aromatic heterocycles. The molecule has 0 amide bonds. The largest absolute Gasteiger partial charge is 0.402 e. The van der Waals surface area contributed by atoms with E-state index in [1.165, 1.54) is 12.1 Å². The van der Waals surface area contributed by atoms with E-state index in [4.69, 9.17) is 5.73 Å². The van der Waals surface area contributed by atoms with Crippen LogP contribution in [0.4, 0.5) is 18.9 Å². The van der Waals surface area contributed by atoms with Crippen molar-refractivity contribution < 1.29 is 21.6 Å². The number of anilines is 1. The second-order valence-corrected chi connectivity index (χ2v) is 5.23. The van der Waals surface area contributed by atoms with E-state index in [1.54, 1.807) is 0 Å². The summed E-state index contributed by atoms with van der Waals surface area (Å²) in [6.45, 7) is -1.59. The molecule has 0 aliphatic heterocycles. The number of aromatic nitrogens is 1. The van der Waals surface area contributed by atoms with Crippen molar-refractivity contribution in [3.8, 4) is 0 Å². The molecule has 0 saturated carbocycles. The van der Waals surface area contributed by atoms with Crippen molar-refractivity contribution in [1.29, 1.82) is 0 Å². The highest BCUT2D eigenvalue weighted by Crippen LogP contribution is 2.22. The zero-order chi connectivity index (χ0) is 13.3. The standard InChI is InChI=1S/C8H10F3N3O2S/c1-14(5-8(9,10)11)17(15,16)7-6(12)3-2-4-13-7/h2-4H,5,12H2,1H3. The lowest BCUT2D eigenvalue weighted by Crippen LogP contribution is -2.36. The number of nitrogens with zero attached hydrogens (tertiary/aromatic N) is 2. The summed E-state index contributed by atoms with van der Waals surface area (Å²) < 4.78 is 59.9. The molecule has 0 spiro atoms. The molecule has 17 heavy (non-hydrogen) atoms. The monoisotopic (exact) mass is 269 g/mol. The van der Waals surface area contributed by atoms with Crippen LogP contribution in [0.1, 0.15) is 0 Å². The molecule has 96 valence electrons. The van der Waals surface area contributed by atoms with Crippen molar-refractivity contribution in [2.24, 2.45) is 0 Å². The van der Waals surface area contributed by atoms with Crippen molar-refractivity contribution in [2.45, 2.75) is 11.2 Å². The molecular weight excluding hydrogens is 259 g/mol. The predicted molar refractivity (Wildman–Crippen MR) is 54.5 cm³/mol. The van der Waals surface area contributed by atoms with Gasteiger partial charge in [-0.1, -0.05) is 0 Å². The fraction of sp³-hybridized carbons (Fsp3) is 0.375. The van der Waals surface area contributed by atoms with Gasteiger partial charge >= 0.3 is 6.18 Å². The number of sulfonamides is 1. The summed E-state index contributed by atoms with van der Waals surface area (Å²) in [5.41, 5.74) is 5.17. The summed E-state index contributed by atoms with van der Waals surface area (Å²) in [5.74, 6) is 0. The van der Waals surface area contributed by atoms with E-state index in [9.17, 15) is 21.6 Å². The second kappa shape index (κ2) is 4.49. The molecule has 0 aliphatic rings. The Balaban J connectivity index is 3.09. The molecule has 1 heterocycles. The molecule has 9 heteroatoms. The van der Waals surface area contributed by atoms with Crippen LogP contribution >= 0.6 is 0 Å². The van der Waals surface area contributed by atoms with Crippen molar-refractivity contribution in [3.05, 3.63) is 18.3 Å². The average Bonchev–Trinajstić information content (AvgIpc) is 2.15. The van der Waals surface area contributed by atoms with Crippen LogP contribution in [0.5, 0.6) is 0 Å². The maximum absolute atomic E-state index is 12.1. The predicted octanol–water partition coefficient (Wildman–Crippen LogP) is 0.847. The fourth-order valence-corrected chi connectivity index (χ4v) is 2.28. The van der Waals surface area contributed by atoms with Crippen LogP contribution in [0.2, 0.25) is 0 Å². The number of hydrogen-bond acceptors (Lipinski definition) is 4. The van der Waals surface area contributed by atoms with Gasteiger partial charge in [0, 0.05) is 13.2 Å². The first kappa shape index (κ1) is 13.7. The van der Waals surface area contributed by atoms with Crippen LogP contribution < -0.4 is 5.73 Å². The van der Waals surface area contributed by atoms with Crippen molar-refractivity contribution in [3.63, 3.8) is 0 Å². The molecule has 5 nitrogen and oxygen atoms in total. The van der Waals surface area contributed by atoms with Crippen LogP contribution in [-0.4, -0.2) is 37.5 Å². The van der Waals surface area contributed by atoms with E-state index in [-0.39, 0.29) is 9.99 Å². The summed E-state index contributed by atoms with van der Waals surface area (Å²) in [6, 6.07) is 2.64. The lowest BCUT2D eigenvalue weighted by molar-refractivity contribution is -0.134. The van der Waals surface area contributed by atoms with Gasteiger partial charge in [-0.3, -0.25) is 0 Å². The summed E-state index contributed by atoms with van der Waals surface area (Å²) in [5, 5.41) is -0.577. The summed E-state index contributed by atoms with van der Waals surface area (Å²) in [6.07, 6.45) is -3.48. The highest BCUT2D eigenvalue weighted by Gasteiger charge is 2.35. The minimum absolute atomic E-state index is 0.158. The number of alkyl halides is 3. The number of pyridine rings is 1. The molecule has 0 saturated heterocycles. The Bertz CT molecular complexity index is 501. The average molecular weight is 269 g/mol. The number of nitrogen functional groups attached to an aromatic ring is 1. The van der Waals surface area contributed by atoms with Crippen LogP contribution in [-0.2, 0) is 10.0 Å². The smallest absolute Gasteiger partial charge is 0.396 e. The maximum Gasteiger partial charge on any atom is 0.402 e. The molecule has 0 radical (unpaired) electrons. The lowest BCUT2D eigenvalue weighted by Gasteiger charge is -2.18. The highest BCUT2D eigenvalue weighted by molar-refractivity contribution is 7.89. The Labute approximate surface area is 96.1 Å². The van der Waals surface area contributed by atoms with E-state index in [2.05, 4.69) is 4.98 Å². The Morgan fingerprint density at radius 3 is 2.53 bits per heavy atom. The molecule has 0 atom stereocenters. The van der Waals surface area contributed by atoms with Gasteiger partial charge in [0.15, 0.2) is 5.03 Å². The van der Waals surface area contributed by atoms with Crippen LogP contribution in [0, 0.1) is 0 Å². The molecule has 0 aliphatic carbocycles. The Morgan fingerprint density at radius 2 is 2.06 bits per heavy atom. The number of rotatable bonds is 3.